The standard InChI is InChI=1S/C21H26O2S/c22-14-20(11-18-7-3-1-4-8-18)13-21(15-23,17-24-16-20)12-19-9-5-2-6-10-19/h1-10,22-23H,11-17H2. The van der Waals surface area contributed by atoms with Gasteiger partial charge in [0.2, 0.25) is 0 Å². The monoisotopic (exact) mass is 342 g/mol. The molecule has 0 saturated carbocycles. The third-order valence-electron chi connectivity index (χ3n) is 5.08. The maximum absolute atomic E-state index is 10.2. The Kier molecular flexibility index (Phi) is 5.65. The van der Waals surface area contributed by atoms with Crippen LogP contribution >= 0.6 is 11.8 Å². The molecular formula is C21H26O2S. The van der Waals surface area contributed by atoms with Crippen LogP contribution in [-0.4, -0.2) is 34.9 Å². The fourth-order valence-corrected chi connectivity index (χ4v) is 5.54. The van der Waals surface area contributed by atoms with Crippen molar-refractivity contribution < 1.29 is 10.2 Å². The molecule has 1 heterocycles. The van der Waals surface area contributed by atoms with Crippen molar-refractivity contribution in [2.75, 3.05) is 24.7 Å². The number of rotatable bonds is 6. The van der Waals surface area contributed by atoms with Gasteiger partial charge in [-0.1, -0.05) is 60.7 Å². The molecule has 0 amide bonds. The SMILES string of the molecule is OCC1(Cc2ccccc2)CSCC(CO)(Cc2ccccc2)C1. The van der Waals surface area contributed by atoms with Gasteiger partial charge in [0.25, 0.3) is 0 Å². The van der Waals surface area contributed by atoms with Crippen molar-refractivity contribution in [1.82, 2.24) is 0 Å². The van der Waals surface area contributed by atoms with E-state index in [9.17, 15) is 10.2 Å². The van der Waals surface area contributed by atoms with Crippen LogP contribution in [0, 0.1) is 10.8 Å². The first-order valence-electron chi connectivity index (χ1n) is 8.57. The molecule has 2 N–H and O–H groups in total. The number of hydrogen-bond acceptors (Lipinski definition) is 3. The van der Waals surface area contributed by atoms with Gasteiger partial charge in [-0.15, -0.1) is 0 Å². The molecule has 1 fully saturated rings. The molecule has 0 aliphatic carbocycles. The first-order valence-corrected chi connectivity index (χ1v) is 9.72. The van der Waals surface area contributed by atoms with Crippen LogP contribution in [0.3, 0.4) is 0 Å². The van der Waals surface area contributed by atoms with Gasteiger partial charge in [0.05, 0.1) is 0 Å². The molecule has 0 radical (unpaired) electrons. The Morgan fingerprint density at radius 2 is 1.12 bits per heavy atom. The topological polar surface area (TPSA) is 40.5 Å². The van der Waals surface area contributed by atoms with Crippen molar-refractivity contribution in [1.29, 1.82) is 0 Å². The summed E-state index contributed by atoms with van der Waals surface area (Å²) >= 11 is 1.88. The molecule has 2 aromatic carbocycles. The lowest BCUT2D eigenvalue weighted by Gasteiger charge is -2.46. The quantitative estimate of drug-likeness (QED) is 0.843. The average Bonchev–Trinajstić information content (AvgIpc) is 2.63. The van der Waals surface area contributed by atoms with E-state index < -0.39 is 0 Å². The number of thioether (sulfide) groups is 1. The van der Waals surface area contributed by atoms with Crippen molar-refractivity contribution in [2.24, 2.45) is 10.8 Å². The summed E-state index contributed by atoms with van der Waals surface area (Å²) in [5.74, 6) is 1.91. The van der Waals surface area contributed by atoms with Crippen LogP contribution in [-0.2, 0) is 12.8 Å². The summed E-state index contributed by atoms with van der Waals surface area (Å²) in [6.45, 7) is 0.344. The molecule has 1 aliphatic rings. The molecule has 0 spiro atoms. The molecular weight excluding hydrogens is 316 g/mol. The van der Waals surface area contributed by atoms with E-state index in [0.717, 1.165) is 30.8 Å². The van der Waals surface area contributed by atoms with Crippen molar-refractivity contribution >= 4 is 11.8 Å². The highest BCUT2D eigenvalue weighted by molar-refractivity contribution is 7.99. The number of benzene rings is 2. The van der Waals surface area contributed by atoms with E-state index >= 15 is 0 Å². The van der Waals surface area contributed by atoms with E-state index in [4.69, 9.17) is 0 Å². The van der Waals surface area contributed by atoms with Crippen LogP contribution in [0.2, 0.25) is 0 Å². The lowest BCUT2D eigenvalue weighted by molar-refractivity contribution is 0.0426. The third kappa shape index (κ3) is 4.02. The normalized spacial score (nSPS) is 27.1. The zero-order valence-electron chi connectivity index (χ0n) is 14.0. The van der Waals surface area contributed by atoms with E-state index in [-0.39, 0.29) is 24.0 Å². The number of hydrogen-bond donors (Lipinski definition) is 2. The molecule has 2 atom stereocenters. The maximum Gasteiger partial charge on any atom is 0.0498 e. The van der Waals surface area contributed by atoms with Gasteiger partial charge in [-0.25, -0.2) is 0 Å². The first-order chi connectivity index (χ1) is 11.7. The molecule has 1 saturated heterocycles. The van der Waals surface area contributed by atoms with Crippen LogP contribution in [0.25, 0.3) is 0 Å². The zero-order valence-corrected chi connectivity index (χ0v) is 14.8. The summed E-state index contributed by atoms with van der Waals surface area (Å²) in [4.78, 5) is 0. The molecule has 2 unspecified atom stereocenters. The minimum atomic E-state index is -0.151. The second-order valence-corrected chi connectivity index (χ2v) is 8.30. The van der Waals surface area contributed by atoms with E-state index in [1.807, 2.05) is 23.9 Å². The third-order valence-corrected chi connectivity index (χ3v) is 6.71. The Morgan fingerprint density at radius 1 is 0.708 bits per heavy atom. The van der Waals surface area contributed by atoms with Crippen molar-refractivity contribution in [2.45, 2.75) is 19.3 Å². The van der Waals surface area contributed by atoms with Crippen LogP contribution in [0.15, 0.2) is 60.7 Å². The van der Waals surface area contributed by atoms with E-state index in [1.54, 1.807) is 0 Å². The second-order valence-electron chi connectivity index (χ2n) is 7.31. The fourth-order valence-electron chi connectivity index (χ4n) is 3.98. The van der Waals surface area contributed by atoms with Crippen LogP contribution in [0.1, 0.15) is 17.5 Å². The van der Waals surface area contributed by atoms with Gasteiger partial charge in [0.15, 0.2) is 0 Å². The molecule has 128 valence electrons. The predicted molar refractivity (Wildman–Crippen MR) is 101 cm³/mol. The first kappa shape index (κ1) is 17.5. The molecule has 0 aromatic heterocycles. The van der Waals surface area contributed by atoms with Crippen LogP contribution < -0.4 is 0 Å². The minimum absolute atomic E-state index is 0.151. The smallest absolute Gasteiger partial charge is 0.0498 e. The molecule has 2 nitrogen and oxygen atoms in total. The van der Waals surface area contributed by atoms with Crippen LogP contribution in [0.5, 0.6) is 0 Å². The van der Waals surface area contributed by atoms with Crippen molar-refractivity contribution in [3.8, 4) is 0 Å². The molecule has 1 aliphatic heterocycles. The summed E-state index contributed by atoms with van der Waals surface area (Å²) in [7, 11) is 0. The van der Waals surface area contributed by atoms with E-state index in [2.05, 4.69) is 48.5 Å². The fraction of sp³-hybridized carbons (Fsp3) is 0.429. The summed E-state index contributed by atoms with van der Waals surface area (Å²) < 4.78 is 0. The van der Waals surface area contributed by atoms with Gasteiger partial charge in [-0.05, 0) is 30.4 Å². The summed E-state index contributed by atoms with van der Waals surface area (Å²) in [5.41, 5.74) is 2.23. The van der Waals surface area contributed by atoms with Gasteiger partial charge >= 0.3 is 0 Å². The highest BCUT2D eigenvalue weighted by atomic mass is 32.2. The Morgan fingerprint density at radius 3 is 1.50 bits per heavy atom. The van der Waals surface area contributed by atoms with Gasteiger partial charge in [-0.3, -0.25) is 0 Å². The van der Waals surface area contributed by atoms with Gasteiger partial charge in [0, 0.05) is 35.5 Å². The predicted octanol–water partition coefficient (Wildman–Crippen LogP) is 3.57. The van der Waals surface area contributed by atoms with Crippen molar-refractivity contribution in [3.05, 3.63) is 71.8 Å². The van der Waals surface area contributed by atoms with E-state index in [1.165, 1.54) is 11.1 Å². The zero-order chi connectivity index (χ0) is 16.9. The second kappa shape index (κ2) is 7.73. The Hall–Kier alpha value is -1.29. The Bertz CT molecular complexity index is 575. The lowest BCUT2D eigenvalue weighted by Crippen LogP contribution is -2.46. The maximum atomic E-state index is 10.2. The highest BCUT2D eigenvalue weighted by Gasteiger charge is 2.44. The molecule has 24 heavy (non-hydrogen) atoms. The number of aliphatic hydroxyl groups excluding tert-OH is 2. The molecule has 3 rings (SSSR count). The van der Waals surface area contributed by atoms with Crippen molar-refractivity contribution in [3.63, 3.8) is 0 Å². The Balaban J connectivity index is 1.81. The molecule has 3 heteroatoms. The Labute approximate surface area is 148 Å². The number of aliphatic hydroxyl groups is 2. The van der Waals surface area contributed by atoms with Crippen LogP contribution in [0.4, 0.5) is 0 Å². The highest BCUT2D eigenvalue weighted by Crippen LogP contribution is 2.47. The largest absolute Gasteiger partial charge is 0.396 e. The van der Waals surface area contributed by atoms with Gasteiger partial charge < -0.3 is 10.2 Å². The summed E-state index contributed by atoms with van der Waals surface area (Å²) in [5, 5.41) is 20.4. The lowest BCUT2D eigenvalue weighted by atomic mass is 9.68. The van der Waals surface area contributed by atoms with Gasteiger partial charge in [0.1, 0.15) is 0 Å². The summed E-state index contributed by atoms with van der Waals surface area (Å²) in [6.07, 6.45) is 2.60. The average molecular weight is 343 g/mol. The van der Waals surface area contributed by atoms with E-state index in [0.29, 0.717) is 0 Å². The van der Waals surface area contributed by atoms with Gasteiger partial charge in [-0.2, -0.15) is 11.8 Å². The minimum Gasteiger partial charge on any atom is -0.396 e. The summed E-state index contributed by atoms with van der Waals surface area (Å²) in [6, 6.07) is 20.8. The molecule has 0 bridgehead atoms. The molecule has 2 aromatic rings.